The van der Waals surface area contributed by atoms with Crippen molar-refractivity contribution in [2.45, 2.75) is 10.9 Å². The minimum Gasteiger partial charge on any atom is -0.320 e. The molecule has 0 unspecified atom stereocenters. The third kappa shape index (κ3) is 3.95. The molecule has 0 spiro atoms. The first-order valence-electron chi connectivity index (χ1n) is 5.84. The van der Waals surface area contributed by atoms with Crippen molar-refractivity contribution in [1.82, 2.24) is 9.97 Å². The Hall–Kier alpha value is -2.10. The van der Waals surface area contributed by atoms with Crippen LogP contribution in [0.5, 0.6) is 0 Å². The van der Waals surface area contributed by atoms with Gasteiger partial charge in [-0.2, -0.15) is 0 Å². The van der Waals surface area contributed by atoms with E-state index >= 15 is 0 Å². The molecule has 3 N–H and O–H groups in total. The maximum atomic E-state index is 13.2. The summed E-state index contributed by atoms with van der Waals surface area (Å²) < 4.78 is 13.2. The number of aromatic amines is 1. The third-order valence-electron chi connectivity index (χ3n) is 2.41. The van der Waals surface area contributed by atoms with E-state index in [1.54, 1.807) is 6.07 Å². The van der Waals surface area contributed by atoms with Gasteiger partial charge >= 0.3 is 0 Å². The lowest BCUT2D eigenvalue weighted by Gasteiger charge is -2.04. The molecule has 1 heterocycles. The maximum absolute atomic E-state index is 13.2. The first-order chi connectivity index (χ1) is 9.69. The number of nitrogens with zero attached hydrogens (tertiary/aromatic N) is 1. The van der Waals surface area contributed by atoms with Crippen LogP contribution in [0.1, 0.15) is 11.1 Å². The zero-order chi connectivity index (χ0) is 14.4. The molecular weight excluding hydrogens is 277 g/mol. The number of thioether (sulfide) groups is 1. The fourth-order valence-electron chi connectivity index (χ4n) is 1.51. The van der Waals surface area contributed by atoms with Crippen molar-refractivity contribution in [3.05, 3.63) is 57.8 Å². The summed E-state index contributed by atoms with van der Waals surface area (Å²) in [6.45, 7) is 0.219. The van der Waals surface area contributed by atoms with Crippen LogP contribution in [0.2, 0.25) is 0 Å². The number of hydrogen-bond donors (Lipinski definition) is 2. The zero-order valence-corrected chi connectivity index (χ0v) is 11.3. The number of hydrogen-bond acceptors (Lipinski definition) is 4. The quantitative estimate of drug-likeness (QED) is 0.510. The molecule has 0 saturated carbocycles. The van der Waals surface area contributed by atoms with Gasteiger partial charge in [0.25, 0.3) is 5.56 Å². The molecule has 1 aromatic heterocycles. The standard InChI is InChI=1S/C14H12FN3OS/c15-12-4-3-11(10(8-12)2-1-6-16)9-20-14-17-7-5-13(19)18-14/h3-5,7-8H,6,9,16H2,(H,17,18,19). The molecular formula is C14H12FN3OS. The lowest BCUT2D eigenvalue weighted by atomic mass is 10.1. The van der Waals surface area contributed by atoms with E-state index in [-0.39, 0.29) is 17.9 Å². The summed E-state index contributed by atoms with van der Waals surface area (Å²) in [5.41, 5.74) is 6.58. The predicted octanol–water partition coefficient (Wildman–Crippen LogP) is 1.51. The van der Waals surface area contributed by atoms with Gasteiger partial charge in [0.1, 0.15) is 5.82 Å². The SMILES string of the molecule is NCC#Cc1cc(F)ccc1CSc1nccc(=O)[nH]1. The van der Waals surface area contributed by atoms with Crippen LogP contribution in [0, 0.1) is 17.7 Å². The molecule has 2 aromatic rings. The largest absolute Gasteiger partial charge is 0.320 e. The van der Waals surface area contributed by atoms with E-state index in [4.69, 9.17) is 5.73 Å². The van der Waals surface area contributed by atoms with E-state index in [1.165, 1.54) is 36.2 Å². The molecule has 0 atom stereocenters. The summed E-state index contributed by atoms with van der Waals surface area (Å²) >= 11 is 1.35. The Bertz CT molecular complexity index is 718. The van der Waals surface area contributed by atoms with Gasteiger partial charge in [0.15, 0.2) is 5.16 Å². The Labute approximate surface area is 119 Å². The number of rotatable bonds is 3. The molecule has 2 rings (SSSR count). The van der Waals surface area contributed by atoms with Crippen LogP contribution in [0.4, 0.5) is 4.39 Å². The van der Waals surface area contributed by atoms with Gasteiger partial charge in [-0.05, 0) is 17.7 Å². The zero-order valence-electron chi connectivity index (χ0n) is 10.5. The van der Waals surface area contributed by atoms with Crippen molar-refractivity contribution in [3.8, 4) is 11.8 Å². The molecule has 0 bridgehead atoms. The molecule has 0 saturated heterocycles. The first-order valence-corrected chi connectivity index (χ1v) is 6.83. The van der Waals surface area contributed by atoms with Crippen molar-refractivity contribution in [1.29, 1.82) is 0 Å². The molecule has 0 radical (unpaired) electrons. The van der Waals surface area contributed by atoms with Gasteiger partial charge in [0.2, 0.25) is 0 Å². The highest BCUT2D eigenvalue weighted by Gasteiger charge is 2.04. The Balaban J connectivity index is 2.18. The molecule has 20 heavy (non-hydrogen) atoms. The number of halogens is 1. The Morgan fingerprint density at radius 2 is 2.25 bits per heavy atom. The summed E-state index contributed by atoms with van der Waals surface area (Å²) in [5.74, 6) is 5.74. The van der Waals surface area contributed by atoms with Crippen LogP contribution < -0.4 is 11.3 Å². The third-order valence-corrected chi connectivity index (χ3v) is 3.35. The number of H-pyrrole nitrogens is 1. The second kappa shape index (κ2) is 6.89. The van der Waals surface area contributed by atoms with E-state index in [2.05, 4.69) is 21.8 Å². The van der Waals surface area contributed by atoms with E-state index in [0.717, 1.165) is 5.56 Å². The number of nitrogens with one attached hydrogen (secondary N) is 1. The van der Waals surface area contributed by atoms with Crippen molar-refractivity contribution >= 4 is 11.8 Å². The lowest BCUT2D eigenvalue weighted by molar-refractivity contribution is 0.627. The van der Waals surface area contributed by atoms with Crippen LogP contribution in [0.15, 0.2) is 40.4 Å². The van der Waals surface area contributed by atoms with Crippen LogP contribution >= 0.6 is 11.8 Å². The van der Waals surface area contributed by atoms with Crippen LogP contribution in [0.3, 0.4) is 0 Å². The average molecular weight is 289 g/mol. The molecule has 1 aromatic carbocycles. The first kappa shape index (κ1) is 14.3. The van der Waals surface area contributed by atoms with E-state index in [1.807, 2.05) is 0 Å². The van der Waals surface area contributed by atoms with Crippen LogP contribution in [-0.2, 0) is 5.75 Å². The highest BCUT2D eigenvalue weighted by atomic mass is 32.2. The highest BCUT2D eigenvalue weighted by molar-refractivity contribution is 7.98. The second-order valence-corrected chi connectivity index (χ2v) is 4.80. The average Bonchev–Trinajstić information content (AvgIpc) is 2.44. The molecule has 6 heteroatoms. The summed E-state index contributed by atoms with van der Waals surface area (Å²) in [6.07, 6.45) is 1.45. The Morgan fingerprint density at radius 3 is 3.00 bits per heavy atom. The van der Waals surface area contributed by atoms with Crippen LogP contribution in [0.25, 0.3) is 0 Å². The van der Waals surface area contributed by atoms with Gasteiger partial charge in [0, 0.05) is 23.6 Å². The Kier molecular flexibility index (Phi) is 4.93. The molecule has 102 valence electrons. The monoisotopic (exact) mass is 289 g/mol. The minimum absolute atomic E-state index is 0.204. The van der Waals surface area contributed by atoms with E-state index in [9.17, 15) is 9.18 Å². The second-order valence-electron chi connectivity index (χ2n) is 3.84. The van der Waals surface area contributed by atoms with Crippen molar-refractivity contribution in [3.63, 3.8) is 0 Å². The topological polar surface area (TPSA) is 71.8 Å². The number of benzene rings is 1. The van der Waals surface area contributed by atoms with E-state index < -0.39 is 0 Å². The lowest BCUT2D eigenvalue weighted by Crippen LogP contribution is -2.05. The molecule has 0 fully saturated rings. The summed E-state index contributed by atoms with van der Waals surface area (Å²) in [4.78, 5) is 17.8. The minimum atomic E-state index is -0.341. The van der Waals surface area contributed by atoms with Gasteiger partial charge in [-0.3, -0.25) is 4.79 Å². The molecule has 0 amide bonds. The Morgan fingerprint density at radius 1 is 1.40 bits per heavy atom. The van der Waals surface area contributed by atoms with Gasteiger partial charge in [-0.1, -0.05) is 29.7 Å². The fourth-order valence-corrected chi connectivity index (χ4v) is 2.36. The van der Waals surface area contributed by atoms with Gasteiger partial charge < -0.3 is 10.7 Å². The predicted molar refractivity (Wildman–Crippen MR) is 76.8 cm³/mol. The number of aromatic nitrogens is 2. The van der Waals surface area contributed by atoms with Crippen molar-refractivity contribution < 1.29 is 4.39 Å². The van der Waals surface area contributed by atoms with Gasteiger partial charge in [-0.25, -0.2) is 9.37 Å². The summed E-state index contributed by atoms with van der Waals surface area (Å²) in [5, 5.41) is 0.513. The maximum Gasteiger partial charge on any atom is 0.251 e. The molecule has 0 aliphatic carbocycles. The highest BCUT2D eigenvalue weighted by Crippen LogP contribution is 2.21. The van der Waals surface area contributed by atoms with Gasteiger partial charge in [-0.15, -0.1) is 0 Å². The fraction of sp³-hybridized carbons (Fsp3) is 0.143. The molecule has 0 aliphatic heterocycles. The number of nitrogens with two attached hydrogens (primary N) is 1. The van der Waals surface area contributed by atoms with Crippen molar-refractivity contribution in [2.75, 3.05) is 6.54 Å². The van der Waals surface area contributed by atoms with Gasteiger partial charge in [0.05, 0.1) is 6.54 Å². The molecule has 0 aliphatic rings. The smallest absolute Gasteiger partial charge is 0.251 e. The molecule has 4 nitrogen and oxygen atoms in total. The summed E-state index contributed by atoms with van der Waals surface area (Å²) in [7, 11) is 0. The van der Waals surface area contributed by atoms with Crippen LogP contribution in [-0.4, -0.2) is 16.5 Å². The normalized spacial score (nSPS) is 9.90. The van der Waals surface area contributed by atoms with E-state index in [0.29, 0.717) is 16.5 Å². The van der Waals surface area contributed by atoms with Crippen molar-refractivity contribution in [2.24, 2.45) is 5.73 Å². The summed E-state index contributed by atoms with van der Waals surface area (Å²) in [6, 6.07) is 5.77.